The molecular formula is C17H16ClNO3. The second-order valence-electron chi connectivity index (χ2n) is 5.23. The van der Waals surface area contributed by atoms with Gasteiger partial charge in [-0.05, 0) is 37.1 Å². The van der Waals surface area contributed by atoms with Gasteiger partial charge in [-0.1, -0.05) is 17.7 Å². The number of aryl methyl sites for hydroxylation is 2. The molecule has 4 nitrogen and oxygen atoms in total. The van der Waals surface area contributed by atoms with Crippen LogP contribution in [-0.4, -0.2) is 19.1 Å². The first-order chi connectivity index (χ1) is 10.5. The number of anilines is 1. The number of benzene rings is 2. The van der Waals surface area contributed by atoms with Gasteiger partial charge in [-0.25, -0.2) is 0 Å². The maximum absolute atomic E-state index is 12.4. The molecule has 0 saturated heterocycles. The monoisotopic (exact) mass is 317 g/mol. The number of halogens is 1. The zero-order chi connectivity index (χ0) is 15.7. The fourth-order valence-corrected chi connectivity index (χ4v) is 2.44. The van der Waals surface area contributed by atoms with E-state index in [1.165, 1.54) is 0 Å². The summed E-state index contributed by atoms with van der Waals surface area (Å²) in [7, 11) is 0. The molecule has 1 aliphatic rings. The molecule has 0 bridgehead atoms. The molecule has 0 atom stereocenters. The van der Waals surface area contributed by atoms with Crippen molar-refractivity contribution in [3.8, 4) is 11.5 Å². The van der Waals surface area contributed by atoms with Crippen LogP contribution in [-0.2, 0) is 0 Å². The van der Waals surface area contributed by atoms with Gasteiger partial charge in [-0.2, -0.15) is 0 Å². The van der Waals surface area contributed by atoms with Crippen LogP contribution in [0.5, 0.6) is 11.5 Å². The Morgan fingerprint density at radius 2 is 1.73 bits per heavy atom. The molecular weight excluding hydrogens is 302 g/mol. The van der Waals surface area contributed by atoms with Crippen molar-refractivity contribution in [1.82, 2.24) is 0 Å². The number of carbonyl (C=O) groups is 1. The summed E-state index contributed by atoms with van der Waals surface area (Å²) < 4.78 is 11.0. The molecule has 2 aromatic carbocycles. The van der Waals surface area contributed by atoms with Crippen molar-refractivity contribution in [2.24, 2.45) is 0 Å². The van der Waals surface area contributed by atoms with E-state index in [4.69, 9.17) is 21.1 Å². The molecule has 1 N–H and O–H groups in total. The third-order valence-electron chi connectivity index (χ3n) is 3.65. The highest BCUT2D eigenvalue weighted by atomic mass is 35.5. The number of fused-ring (bicyclic) bond motifs is 1. The predicted octanol–water partition coefficient (Wildman–Crippen LogP) is 3.98. The van der Waals surface area contributed by atoms with Crippen molar-refractivity contribution < 1.29 is 14.3 Å². The molecule has 1 heterocycles. The standard InChI is InChI=1S/C17H16ClNO3/c1-10-3-4-12(7-11(10)2)17(20)19-14-9-16-15(8-13(14)18)21-5-6-22-16/h3-4,7-9H,5-6H2,1-2H3,(H,19,20). The second-order valence-corrected chi connectivity index (χ2v) is 5.64. The van der Waals surface area contributed by atoms with E-state index in [2.05, 4.69) is 5.32 Å². The number of amides is 1. The van der Waals surface area contributed by atoms with Crippen molar-refractivity contribution >= 4 is 23.2 Å². The molecule has 0 aliphatic carbocycles. The molecule has 0 radical (unpaired) electrons. The zero-order valence-electron chi connectivity index (χ0n) is 12.4. The van der Waals surface area contributed by atoms with E-state index < -0.39 is 0 Å². The normalized spacial score (nSPS) is 12.9. The predicted molar refractivity (Wildman–Crippen MR) is 86.3 cm³/mol. The van der Waals surface area contributed by atoms with Gasteiger partial charge >= 0.3 is 0 Å². The Morgan fingerprint density at radius 1 is 1.05 bits per heavy atom. The molecule has 22 heavy (non-hydrogen) atoms. The van der Waals surface area contributed by atoms with Gasteiger partial charge < -0.3 is 14.8 Å². The van der Waals surface area contributed by atoms with Gasteiger partial charge in [-0.15, -0.1) is 0 Å². The highest BCUT2D eigenvalue weighted by Crippen LogP contribution is 2.38. The molecule has 2 aromatic rings. The third kappa shape index (κ3) is 2.88. The summed E-state index contributed by atoms with van der Waals surface area (Å²) in [5.41, 5.74) is 3.32. The highest BCUT2D eigenvalue weighted by Gasteiger charge is 2.17. The first kappa shape index (κ1) is 14.7. The van der Waals surface area contributed by atoms with Crippen LogP contribution in [0.25, 0.3) is 0 Å². The van der Waals surface area contributed by atoms with E-state index in [-0.39, 0.29) is 5.91 Å². The third-order valence-corrected chi connectivity index (χ3v) is 3.96. The molecule has 3 rings (SSSR count). The van der Waals surface area contributed by atoms with Crippen LogP contribution < -0.4 is 14.8 Å². The van der Waals surface area contributed by atoms with Crippen LogP contribution in [0, 0.1) is 13.8 Å². The fourth-order valence-electron chi connectivity index (χ4n) is 2.24. The Morgan fingerprint density at radius 3 is 2.41 bits per heavy atom. The van der Waals surface area contributed by atoms with Crippen molar-refractivity contribution in [3.63, 3.8) is 0 Å². The number of nitrogens with one attached hydrogen (secondary N) is 1. The minimum absolute atomic E-state index is 0.207. The SMILES string of the molecule is Cc1ccc(C(=O)Nc2cc3c(cc2Cl)OCCO3)cc1C. The van der Waals surface area contributed by atoms with Crippen LogP contribution in [0.1, 0.15) is 21.5 Å². The molecule has 0 saturated carbocycles. The first-order valence-electron chi connectivity index (χ1n) is 7.02. The number of rotatable bonds is 2. The topological polar surface area (TPSA) is 47.6 Å². The van der Waals surface area contributed by atoms with Gasteiger partial charge in [0.1, 0.15) is 13.2 Å². The Bertz CT molecular complexity index is 743. The van der Waals surface area contributed by atoms with E-state index in [1.807, 2.05) is 26.0 Å². The largest absolute Gasteiger partial charge is 0.486 e. The summed E-state index contributed by atoms with van der Waals surface area (Å²) in [6.07, 6.45) is 0. The minimum Gasteiger partial charge on any atom is -0.486 e. The summed E-state index contributed by atoms with van der Waals surface area (Å²) in [5, 5.41) is 3.23. The fraction of sp³-hybridized carbons (Fsp3) is 0.235. The van der Waals surface area contributed by atoms with E-state index >= 15 is 0 Å². The van der Waals surface area contributed by atoms with Gasteiger partial charge in [0, 0.05) is 17.7 Å². The Balaban J connectivity index is 1.86. The lowest BCUT2D eigenvalue weighted by Crippen LogP contribution is -2.17. The number of hydrogen-bond acceptors (Lipinski definition) is 3. The van der Waals surface area contributed by atoms with Crippen LogP contribution in [0.15, 0.2) is 30.3 Å². The van der Waals surface area contributed by atoms with E-state index in [1.54, 1.807) is 18.2 Å². The summed E-state index contributed by atoms with van der Waals surface area (Å²) >= 11 is 6.20. The maximum Gasteiger partial charge on any atom is 0.255 e. The lowest BCUT2D eigenvalue weighted by molar-refractivity contribution is 0.102. The first-order valence-corrected chi connectivity index (χ1v) is 7.40. The molecule has 1 aliphatic heterocycles. The number of carbonyl (C=O) groups excluding carboxylic acids is 1. The molecule has 0 spiro atoms. The van der Waals surface area contributed by atoms with Gasteiger partial charge in [0.25, 0.3) is 5.91 Å². The van der Waals surface area contributed by atoms with Gasteiger partial charge in [0.2, 0.25) is 0 Å². The van der Waals surface area contributed by atoms with Crippen molar-refractivity contribution in [3.05, 3.63) is 52.0 Å². The van der Waals surface area contributed by atoms with Crippen LogP contribution in [0.2, 0.25) is 5.02 Å². The number of hydrogen-bond donors (Lipinski definition) is 1. The van der Waals surface area contributed by atoms with Crippen LogP contribution >= 0.6 is 11.6 Å². The van der Waals surface area contributed by atoms with Gasteiger partial charge in [0.15, 0.2) is 11.5 Å². The van der Waals surface area contributed by atoms with Gasteiger partial charge in [0.05, 0.1) is 10.7 Å². The summed E-state index contributed by atoms with van der Waals surface area (Å²) in [5.74, 6) is 0.980. The van der Waals surface area contributed by atoms with E-state index in [9.17, 15) is 4.79 Å². The Kier molecular flexibility index (Phi) is 3.94. The van der Waals surface area contributed by atoms with Crippen LogP contribution in [0.4, 0.5) is 5.69 Å². The van der Waals surface area contributed by atoms with E-state index in [0.717, 1.165) is 11.1 Å². The van der Waals surface area contributed by atoms with Gasteiger partial charge in [-0.3, -0.25) is 4.79 Å². The average Bonchev–Trinajstić information content (AvgIpc) is 2.50. The maximum atomic E-state index is 12.4. The lowest BCUT2D eigenvalue weighted by Gasteiger charge is -2.20. The summed E-state index contributed by atoms with van der Waals surface area (Å²) in [6.45, 7) is 4.97. The minimum atomic E-state index is -0.207. The molecule has 0 fully saturated rings. The lowest BCUT2D eigenvalue weighted by atomic mass is 10.1. The Hall–Kier alpha value is -2.20. The highest BCUT2D eigenvalue weighted by molar-refractivity contribution is 6.34. The average molecular weight is 318 g/mol. The molecule has 0 aromatic heterocycles. The van der Waals surface area contributed by atoms with E-state index in [0.29, 0.717) is 41.0 Å². The van der Waals surface area contributed by atoms with Crippen molar-refractivity contribution in [2.45, 2.75) is 13.8 Å². The number of ether oxygens (including phenoxy) is 2. The summed E-state index contributed by atoms with van der Waals surface area (Å²) in [6, 6.07) is 8.93. The Labute approximate surface area is 134 Å². The quantitative estimate of drug-likeness (QED) is 0.911. The van der Waals surface area contributed by atoms with Crippen LogP contribution in [0.3, 0.4) is 0 Å². The molecule has 1 amide bonds. The molecule has 0 unspecified atom stereocenters. The summed E-state index contributed by atoms with van der Waals surface area (Å²) in [4.78, 5) is 12.4. The van der Waals surface area contributed by atoms with Crippen molar-refractivity contribution in [2.75, 3.05) is 18.5 Å². The second kappa shape index (κ2) is 5.89. The smallest absolute Gasteiger partial charge is 0.255 e. The van der Waals surface area contributed by atoms with Crippen molar-refractivity contribution in [1.29, 1.82) is 0 Å². The molecule has 5 heteroatoms. The molecule has 114 valence electrons. The zero-order valence-corrected chi connectivity index (χ0v) is 13.2.